The fraction of sp³-hybridized carbons (Fsp3) is 0.538. The summed E-state index contributed by atoms with van der Waals surface area (Å²) in [5.74, 6) is -0.142. The lowest BCUT2D eigenvalue weighted by molar-refractivity contribution is 0.240. The van der Waals surface area contributed by atoms with Crippen molar-refractivity contribution >= 4 is 5.69 Å². The van der Waals surface area contributed by atoms with Gasteiger partial charge in [-0.2, -0.15) is 0 Å². The van der Waals surface area contributed by atoms with Crippen molar-refractivity contribution < 1.29 is 4.39 Å². The van der Waals surface area contributed by atoms with Crippen LogP contribution in [0.2, 0.25) is 0 Å². The van der Waals surface area contributed by atoms with E-state index in [9.17, 15) is 4.39 Å². The van der Waals surface area contributed by atoms with Gasteiger partial charge in [-0.15, -0.1) is 0 Å². The van der Waals surface area contributed by atoms with Crippen LogP contribution in [0.15, 0.2) is 18.2 Å². The molecule has 1 aromatic carbocycles. The van der Waals surface area contributed by atoms with Gasteiger partial charge in [0.2, 0.25) is 0 Å². The van der Waals surface area contributed by atoms with Gasteiger partial charge in [-0.25, -0.2) is 4.39 Å². The minimum absolute atomic E-state index is 0.124. The van der Waals surface area contributed by atoms with E-state index < -0.39 is 0 Å². The minimum Gasteiger partial charge on any atom is -0.364 e. The topological polar surface area (TPSA) is 29.3 Å². The summed E-state index contributed by atoms with van der Waals surface area (Å²) in [5.41, 5.74) is 8.37. The van der Waals surface area contributed by atoms with Crippen LogP contribution in [-0.4, -0.2) is 18.6 Å². The van der Waals surface area contributed by atoms with E-state index in [0.717, 1.165) is 31.5 Å². The smallest absolute Gasteiger partial charge is 0.125 e. The fourth-order valence-corrected chi connectivity index (χ4v) is 3.01. The number of rotatable bonds is 2. The zero-order valence-electron chi connectivity index (χ0n) is 9.38. The average molecular weight is 220 g/mol. The van der Waals surface area contributed by atoms with Crippen molar-refractivity contribution in [3.8, 4) is 0 Å². The molecule has 0 unspecified atom stereocenters. The molecule has 1 aliphatic heterocycles. The third kappa shape index (κ3) is 1.27. The van der Waals surface area contributed by atoms with E-state index in [0.29, 0.717) is 6.54 Å². The van der Waals surface area contributed by atoms with Crippen LogP contribution in [0.25, 0.3) is 0 Å². The lowest BCUT2D eigenvalue weighted by Gasteiger charge is -2.49. The number of hydrogen-bond donors (Lipinski definition) is 1. The molecule has 0 bridgehead atoms. The summed E-state index contributed by atoms with van der Waals surface area (Å²) < 4.78 is 13.3. The summed E-state index contributed by atoms with van der Waals surface area (Å²) >= 11 is 0. The van der Waals surface area contributed by atoms with E-state index in [1.54, 1.807) is 12.1 Å². The van der Waals surface area contributed by atoms with E-state index >= 15 is 0 Å². The molecular weight excluding hydrogens is 203 g/mol. The van der Waals surface area contributed by atoms with Gasteiger partial charge in [0, 0.05) is 18.8 Å². The molecule has 3 heteroatoms. The third-order valence-electron chi connectivity index (χ3n) is 4.18. The number of halogens is 1. The second kappa shape index (κ2) is 3.45. The molecule has 1 aliphatic carbocycles. The molecule has 1 aromatic rings. The highest BCUT2D eigenvalue weighted by atomic mass is 19.1. The van der Waals surface area contributed by atoms with Crippen molar-refractivity contribution in [2.75, 3.05) is 18.0 Å². The van der Waals surface area contributed by atoms with Crippen molar-refractivity contribution in [3.05, 3.63) is 29.6 Å². The average Bonchev–Trinajstić information content (AvgIpc) is 2.61. The van der Waals surface area contributed by atoms with Gasteiger partial charge in [0.25, 0.3) is 0 Å². The lowest BCUT2D eigenvalue weighted by atomic mass is 9.75. The molecule has 0 atom stereocenters. The Hall–Kier alpha value is -1.09. The third-order valence-corrected chi connectivity index (χ3v) is 4.18. The second-order valence-electron chi connectivity index (χ2n) is 4.96. The molecule has 2 nitrogen and oxygen atoms in total. The summed E-state index contributed by atoms with van der Waals surface area (Å²) in [6.07, 6.45) is 4.58. The van der Waals surface area contributed by atoms with Crippen molar-refractivity contribution in [1.82, 2.24) is 0 Å². The van der Waals surface area contributed by atoms with Gasteiger partial charge in [-0.1, -0.05) is 6.07 Å². The molecule has 1 saturated carbocycles. The van der Waals surface area contributed by atoms with Gasteiger partial charge in [0.15, 0.2) is 0 Å². The SMILES string of the molecule is NCC1(N2CCc3ccc(F)cc32)CCC1. The van der Waals surface area contributed by atoms with Crippen LogP contribution >= 0.6 is 0 Å². The van der Waals surface area contributed by atoms with Crippen molar-refractivity contribution in [1.29, 1.82) is 0 Å². The molecule has 86 valence electrons. The molecule has 0 amide bonds. The molecule has 2 aliphatic rings. The fourth-order valence-electron chi connectivity index (χ4n) is 3.01. The van der Waals surface area contributed by atoms with Crippen LogP contribution in [0.1, 0.15) is 24.8 Å². The van der Waals surface area contributed by atoms with E-state index in [4.69, 9.17) is 5.73 Å². The molecule has 2 N–H and O–H groups in total. The monoisotopic (exact) mass is 220 g/mol. The summed E-state index contributed by atoms with van der Waals surface area (Å²) in [4.78, 5) is 2.34. The van der Waals surface area contributed by atoms with Gasteiger partial charge in [-0.3, -0.25) is 0 Å². The Kier molecular flexibility index (Phi) is 2.18. The predicted octanol–water partition coefficient (Wildman–Crippen LogP) is 2.07. The zero-order valence-corrected chi connectivity index (χ0v) is 9.38. The molecule has 0 radical (unpaired) electrons. The van der Waals surface area contributed by atoms with Gasteiger partial charge in [0.05, 0.1) is 5.54 Å². The Labute approximate surface area is 95.2 Å². The Balaban J connectivity index is 1.98. The lowest BCUT2D eigenvalue weighted by Crippen LogP contribution is -2.58. The first-order valence-corrected chi connectivity index (χ1v) is 6.01. The molecule has 1 heterocycles. The Morgan fingerprint density at radius 2 is 2.19 bits per heavy atom. The number of hydrogen-bond acceptors (Lipinski definition) is 2. The number of anilines is 1. The number of benzene rings is 1. The molecular formula is C13H17FN2. The van der Waals surface area contributed by atoms with E-state index in [1.807, 2.05) is 6.07 Å². The van der Waals surface area contributed by atoms with E-state index in [2.05, 4.69) is 4.90 Å². The first kappa shape index (κ1) is 10.1. The molecule has 16 heavy (non-hydrogen) atoms. The Morgan fingerprint density at radius 3 is 2.81 bits per heavy atom. The van der Waals surface area contributed by atoms with Gasteiger partial charge < -0.3 is 10.6 Å². The van der Waals surface area contributed by atoms with E-state index in [1.165, 1.54) is 12.0 Å². The number of nitrogens with two attached hydrogens (primary N) is 1. The maximum Gasteiger partial charge on any atom is 0.125 e. The Bertz CT molecular complexity index is 407. The second-order valence-corrected chi connectivity index (χ2v) is 4.96. The molecule has 0 saturated heterocycles. The molecule has 1 fully saturated rings. The summed E-state index contributed by atoms with van der Waals surface area (Å²) in [6, 6.07) is 5.13. The van der Waals surface area contributed by atoms with Crippen LogP contribution in [-0.2, 0) is 6.42 Å². The number of nitrogens with zero attached hydrogens (tertiary/aromatic N) is 1. The quantitative estimate of drug-likeness (QED) is 0.826. The predicted molar refractivity (Wildman–Crippen MR) is 63.1 cm³/mol. The molecule has 0 spiro atoms. The highest BCUT2D eigenvalue weighted by Crippen LogP contribution is 2.43. The first-order chi connectivity index (χ1) is 7.75. The molecule has 3 rings (SSSR count). The minimum atomic E-state index is -0.142. The van der Waals surface area contributed by atoms with Crippen LogP contribution in [0.3, 0.4) is 0 Å². The summed E-state index contributed by atoms with van der Waals surface area (Å²) in [7, 11) is 0. The highest BCUT2D eigenvalue weighted by Gasteiger charge is 2.43. The summed E-state index contributed by atoms with van der Waals surface area (Å²) in [5, 5.41) is 0. The van der Waals surface area contributed by atoms with E-state index in [-0.39, 0.29) is 11.4 Å². The van der Waals surface area contributed by atoms with Gasteiger partial charge >= 0.3 is 0 Å². The summed E-state index contributed by atoms with van der Waals surface area (Å²) in [6.45, 7) is 1.68. The van der Waals surface area contributed by atoms with Crippen molar-refractivity contribution in [3.63, 3.8) is 0 Å². The van der Waals surface area contributed by atoms with Gasteiger partial charge in [-0.05, 0) is 43.4 Å². The van der Waals surface area contributed by atoms with Crippen LogP contribution < -0.4 is 10.6 Å². The standard InChI is InChI=1S/C13H17FN2/c14-11-3-2-10-4-7-16(12(10)8-11)13(9-15)5-1-6-13/h2-3,8H,1,4-7,9,15H2. The van der Waals surface area contributed by atoms with Crippen LogP contribution in [0.4, 0.5) is 10.1 Å². The van der Waals surface area contributed by atoms with Gasteiger partial charge in [0.1, 0.15) is 5.82 Å². The number of fused-ring (bicyclic) bond motifs is 1. The Morgan fingerprint density at radius 1 is 1.38 bits per heavy atom. The van der Waals surface area contributed by atoms with Crippen LogP contribution in [0.5, 0.6) is 0 Å². The molecule has 0 aromatic heterocycles. The van der Waals surface area contributed by atoms with Crippen LogP contribution in [0, 0.1) is 5.82 Å². The van der Waals surface area contributed by atoms with Crippen molar-refractivity contribution in [2.45, 2.75) is 31.2 Å². The maximum atomic E-state index is 13.3. The largest absolute Gasteiger partial charge is 0.364 e. The van der Waals surface area contributed by atoms with Crippen molar-refractivity contribution in [2.24, 2.45) is 5.73 Å². The maximum absolute atomic E-state index is 13.3. The first-order valence-electron chi connectivity index (χ1n) is 6.01. The normalized spacial score (nSPS) is 21.8. The zero-order chi connectivity index (χ0) is 11.2. The highest BCUT2D eigenvalue weighted by molar-refractivity contribution is 5.60.